The number of hydrogen-bond donors (Lipinski definition) is 1. The molecule has 0 fully saturated rings. The molecule has 0 aromatic heterocycles. The van der Waals surface area contributed by atoms with Gasteiger partial charge in [0, 0.05) is 4.47 Å². The van der Waals surface area contributed by atoms with Crippen LogP contribution in [0.4, 0.5) is 5.69 Å². The van der Waals surface area contributed by atoms with Crippen LogP contribution in [0.25, 0.3) is 0 Å². The average molecular weight is 361 g/mol. The Morgan fingerprint density at radius 2 is 1.89 bits per heavy atom. The average Bonchev–Trinajstić information content (AvgIpc) is 2.33. The molecule has 0 aliphatic heterocycles. The van der Waals surface area contributed by atoms with Crippen molar-refractivity contribution in [1.29, 1.82) is 0 Å². The Morgan fingerprint density at radius 1 is 1.16 bits per heavy atom. The van der Waals surface area contributed by atoms with Crippen molar-refractivity contribution in [2.24, 2.45) is 0 Å². The maximum absolute atomic E-state index is 12.2. The molecular formula is C13H11BrClNO2S. The van der Waals surface area contributed by atoms with E-state index >= 15 is 0 Å². The van der Waals surface area contributed by atoms with Crippen molar-refractivity contribution >= 4 is 43.2 Å². The van der Waals surface area contributed by atoms with Crippen LogP contribution in [0, 0.1) is 6.92 Å². The predicted molar refractivity (Wildman–Crippen MR) is 81.1 cm³/mol. The molecule has 0 bridgehead atoms. The molecule has 1 N–H and O–H groups in total. The van der Waals surface area contributed by atoms with E-state index in [2.05, 4.69) is 20.7 Å². The minimum atomic E-state index is -3.59. The summed E-state index contributed by atoms with van der Waals surface area (Å²) < 4.78 is 27.6. The highest BCUT2D eigenvalue weighted by Gasteiger charge is 2.14. The van der Waals surface area contributed by atoms with Gasteiger partial charge >= 0.3 is 0 Å². The van der Waals surface area contributed by atoms with E-state index in [0.29, 0.717) is 15.2 Å². The minimum Gasteiger partial charge on any atom is -0.280 e. The van der Waals surface area contributed by atoms with E-state index in [9.17, 15) is 8.42 Å². The first kappa shape index (κ1) is 14.4. The fraction of sp³-hybridized carbons (Fsp3) is 0.0769. The summed E-state index contributed by atoms with van der Waals surface area (Å²) >= 11 is 9.19. The predicted octanol–water partition coefficient (Wildman–Crippen LogP) is 4.21. The molecule has 0 saturated heterocycles. The molecule has 19 heavy (non-hydrogen) atoms. The smallest absolute Gasteiger partial charge is 0.261 e. The van der Waals surface area contributed by atoms with Crippen LogP contribution in [0.2, 0.25) is 5.02 Å². The highest BCUT2D eigenvalue weighted by Crippen LogP contribution is 2.26. The number of nitrogens with one attached hydrogen (secondary N) is 1. The fourth-order valence-corrected chi connectivity index (χ4v) is 3.14. The molecular weight excluding hydrogens is 350 g/mol. The lowest BCUT2D eigenvalue weighted by Crippen LogP contribution is -2.13. The first-order valence-electron chi connectivity index (χ1n) is 5.43. The van der Waals surface area contributed by atoms with E-state index in [1.54, 1.807) is 36.4 Å². The van der Waals surface area contributed by atoms with Crippen molar-refractivity contribution in [3.8, 4) is 0 Å². The van der Waals surface area contributed by atoms with Crippen LogP contribution in [0.1, 0.15) is 5.56 Å². The van der Waals surface area contributed by atoms with E-state index in [4.69, 9.17) is 11.6 Å². The maximum atomic E-state index is 12.2. The maximum Gasteiger partial charge on any atom is 0.261 e. The van der Waals surface area contributed by atoms with Gasteiger partial charge in [-0.3, -0.25) is 4.72 Å². The number of aryl methyl sites for hydroxylation is 1. The lowest BCUT2D eigenvalue weighted by Gasteiger charge is -2.09. The van der Waals surface area contributed by atoms with Crippen LogP contribution in [0.15, 0.2) is 51.8 Å². The molecule has 0 unspecified atom stereocenters. The first-order chi connectivity index (χ1) is 8.88. The molecule has 2 aromatic carbocycles. The van der Waals surface area contributed by atoms with E-state index in [-0.39, 0.29) is 4.90 Å². The lowest BCUT2D eigenvalue weighted by molar-refractivity contribution is 0.601. The first-order valence-corrected chi connectivity index (χ1v) is 8.08. The van der Waals surface area contributed by atoms with E-state index in [1.807, 2.05) is 13.0 Å². The monoisotopic (exact) mass is 359 g/mol. The van der Waals surface area contributed by atoms with Gasteiger partial charge in [-0.2, -0.15) is 0 Å². The number of hydrogen-bond acceptors (Lipinski definition) is 2. The molecule has 3 nitrogen and oxygen atoms in total. The SMILES string of the molecule is Cc1cccc(S(=O)(=O)Nc2ccc(Br)c(Cl)c2)c1. The summed E-state index contributed by atoms with van der Waals surface area (Å²) in [6.07, 6.45) is 0. The second kappa shape index (κ2) is 5.53. The Kier molecular flexibility index (Phi) is 4.18. The Balaban J connectivity index is 2.33. The van der Waals surface area contributed by atoms with Crippen molar-refractivity contribution in [2.75, 3.05) is 4.72 Å². The number of anilines is 1. The van der Waals surface area contributed by atoms with Gasteiger partial charge in [0.2, 0.25) is 0 Å². The zero-order valence-electron chi connectivity index (χ0n) is 10.0. The Hall–Kier alpha value is -1.04. The fourth-order valence-electron chi connectivity index (χ4n) is 1.56. The van der Waals surface area contributed by atoms with Crippen LogP contribution < -0.4 is 4.72 Å². The van der Waals surface area contributed by atoms with Crippen molar-refractivity contribution in [2.45, 2.75) is 11.8 Å². The third-order valence-corrected chi connectivity index (χ3v) is 5.08. The Bertz CT molecular complexity index is 716. The zero-order chi connectivity index (χ0) is 14.0. The van der Waals surface area contributed by atoms with Gasteiger partial charge in [-0.1, -0.05) is 23.7 Å². The van der Waals surface area contributed by atoms with Gasteiger partial charge in [-0.05, 0) is 58.7 Å². The van der Waals surface area contributed by atoms with Crippen molar-refractivity contribution in [3.63, 3.8) is 0 Å². The van der Waals surface area contributed by atoms with Crippen LogP contribution in [0.5, 0.6) is 0 Å². The molecule has 2 aromatic rings. The summed E-state index contributed by atoms with van der Waals surface area (Å²) in [6.45, 7) is 1.84. The number of sulfonamides is 1. The van der Waals surface area contributed by atoms with Gasteiger partial charge in [0.25, 0.3) is 10.0 Å². The summed E-state index contributed by atoms with van der Waals surface area (Å²) in [5.41, 5.74) is 1.31. The van der Waals surface area contributed by atoms with Gasteiger partial charge in [-0.25, -0.2) is 8.42 Å². The molecule has 0 atom stereocenters. The topological polar surface area (TPSA) is 46.2 Å². The Labute approximate surface area is 125 Å². The second-order valence-electron chi connectivity index (χ2n) is 4.05. The third-order valence-electron chi connectivity index (χ3n) is 2.47. The van der Waals surface area contributed by atoms with Gasteiger partial charge in [0.15, 0.2) is 0 Å². The van der Waals surface area contributed by atoms with Gasteiger partial charge < -0.3 is 0 Å². The summed E-state index contributed by atoms with van der Waals surface area (Å²) in [5, 5.41) is 0.449. The molecule has 0 saturated carbocycles. The van der Waals surface area contributed by atoms with Crippen LogP contribution in [-0.4, -0.2) is 8.42 Å². The highest BCUT2D eigenvalue weighted by atomic mass is 79.9. The van der Waals surface area contributed by atoms with E-state index in [0.717, 1.165) is 5.56 Å². The molecule has 0 spiro atoms. The van der Waals surface area contributed by atoms with E-state index < -0.39 is 10.0 Å². The van der Waals surface area contributed by atoms with Crippen molar-refractivity contribution < 1.29 is 8.42 Å². The molecule has 2 rings (SSSR count). The highest BCUT2D eigenvalue weighted by molar-refractivity contribution is 9.10. The largest absolute Gasteiger partial charge is 0.280 e. The van der Waals surface area contributed by atoms with Crippen molar-refractivity contribution in [3.05, 3.63) is 57.5 Å². The van der Waals surface area contributed by atoms with Crippen molar-refractivity contribution in [1.82, 2.24) is 0 Å². The lowest BCUT2D eigenvalue weighted by atomic mass is 10.2. The zero-order valence-corrected chi connectivity index (χ0v) is 13.2. The standard InChI is InChI=1S/C13H11BrClNO2S/c1-9-3-2-4-11(7-9)19(17,18)16-10-5-6-12(14)13(15)8-10/h2-8,16H,1H3. The van der Waals surface area contributed by atoms with Crippen LogP contribution in [-0.2, 0) is 10.0 Å². The minimum absolute atomic E-state index is 0.228. The second-order valence-corrected chi connectivity index (χ2v) is 6.99. The summed E-state index contributed by atoms with van der Waals surface area (Å²) in [7, 11) is -3.59. The van der Waals surface area contributed by atoms with Gasteiger partial charge in [0.1, 0.15) is 0 Å². The molecule has 0 radical (unpaired) electrons. The molecule has 6 heteroatoms. The van der Waals surface area contributed by atoms with Gasteiger partial charge in [-0.15, -0.1) is 0 Å². The van der Waals surface area contributed by atoms with Gasteiger partial charge in [0.05, 0.1) is 15.6 Å². The number of benzene rings is 2. The molecule has 100 valence electrons. The molecule has 0 amide bonds. The third kappa shape index (κ3) is 3.49. The normalized spacial score (nSPS) is 11.3. The summed E-state index contributed by atoms with van der Waals surface area (Å²) in [5.74, 6) is 0. The van der Waals surface area contributed by atoms with E-state index in [1.165, 1.54) is 0 Å². The van der Waals surface area contributed by atoms with Crippen LogP contribution >= 0.6 is 27.5 Å². The number of rotatable bonds is 3. The Morgan fingerprint density at radius 3 is 2.53 bits per heavy atom. The molecule has 0 aliphatic carbocycles. The quantitative estimate of drug-likeness (QED) is 0.891. The summed E-state index contributed by atoms with van der Waals surface area (Å²) in [4.78, 5) is 0.228. The molecule has 0 heterocycles. The number of halogens is 2. The van der Waals surface area contributed by atoms with Crippen LogP contribution in [0.3, 0.4) is 0 Å². The summed E-state index contributed by atoms with van der Waals surface area (Å²) in [6, 6.07) is 11.6. The molecule has 0 aliphatic rings.